The molecule has 1 aliphatic heterocycles. The van der Waals surface area contributed by atoms with Gasteiger partial charge in [0.2, 0.25) is 0 Å². The smallest absolute Gasteiger partial charge is 0.253 e. The van der Waals surface area contributed by atoms with E-state index in [1.807, 2.05) is 27.7 Å². The average molecular weight is 297 g/mol. The van der Waals surface area contributed by atoms with Gasteiger partial charge in [-0.1, -0.05) is 0 Å². The minimum Gasteiger partial charge on any atom is -0.367 e. The van der Waals surface area contributed by atoms with Gasteiger partial charge in [-0.15, -0.1) is 0 Å². The first kappa shape index (κ1) is 16.4. The number of ether oxygens (including phenoxy) is 1. The molecule has 0 unspecified atom stereocenters. The largest absolute Gasteiger partial charge is 0.367 e. The molecule has 5 heteroatoms. The molecule has 1 heterocycles. The van der Waals surface area contributed by atoms with Gasteiger partial charge in [0.1, 0.15) is 5.82 Å². The maximum absolute atomic E-state index is 13.4. The van der Waals surface area contributed by atoms with Crippen LogP contribution in [-0.2, 0) is 10.6 Å². The third-order valence-corrected chi connectivity index (χ3v) is 3.68. The second kappa shape index (κ2) is 5.02. The number of halogens is 1. The first-order valence-electron chi connectivity index (χ1n) is 7.10. The third kappa shape index (κ3) is 3.43. The molecule has 0 spiro atoms. The van der Waals surface area contributed by atoms with E-state index >= 15 is 0 Å². The minimum absolute atomic E-state index is 0.259. The maximum Gasteiger partial charge on any atom is 0.253 e. The van der Waals surface area contributed by atoms with Gasteiger partial charge in [-0.3, -0.25) is 0 Å². The van der Waals surface area contributed by atoms with Crippen molar-refractivity contribution in [3.8, 4) is 0 Å². The summed E-state index contributed by atoms with van der Waals surface area (Å²) in [4.78, 5) is 1.56. The Labute approximate surface area is 125 Å². The van der Waals surface area contributed by atoms with Gasteiger partial charge in [-0.2, -0.15) is 0 Å². The van der Waals surface area contributed by atoms with E-state index in [0.717, 1.165) is 0 Å². The molecule has 0 bridgehead atoms. The van der Waals surface area contributed by atoms with Crippen LogP contribution in [0.25, 0.3) is 0 Å². The average Bonchev–Trinajstić information content (AvgIpc) is 2.28. The van der Waals surface area contributed by atoms with Crippen molar-refractivity contribution in [3.63, 3.8) is 0 Å². The number of benzene rings is 1. The number of nitrogens with zero attached hydrogens (tertiary/aromatic N) is 1. The fraction of sp³-hybridized carbons (Fsp3) is 0.625. The Hall–Kier alpha value is -1.01. The molecule has 0 atom stereocenters. The normalized spacial score (nSPS) is 22.3. The lowest BCUT2D eigenvalue weighted by Gasteiger charge is -2.50. The Morgan fingerprint density at radius 3 is 2.14 bits per heavy atom. The van der Waals surface area contributed by atoms with E-state index < -0.39 is 17.1 Å². The zero-order valence-corrected chi connectivity index (χ0v) is 13.3. The standard InChI is InChI=1S/C16H24FNO3/c1-11-8-12(6-7-13(11)17)16(19,20)18-9-14(2,3)21-15(4,5)10-18/h6-8,19-20H,9-10H2,1-5H3. The molecule has 0 radical (unpaired) electrons. The van der Waals surface area contributed by atoms with Crippen molar-refractivity contribution >= 4 is 0 Å². The topological polar surface area (TPSA) is 52.9 Å². The van der Waals surface area contributed by atoms with Gasteiger partial charge < -0.3 is 14.9 Å². The van der Waals surface area contributed by atoms with Crippen LogP contribution in [0.4, 0.5) is 4.39 Å². The van der Waals surface area contributed by atoms with Crippen molar-refractivity contribution in [2.75, 3.05) is 13.1 Å². The van der Waals surface area contributed by atoms with E-state index in [1.54, 1.807) is 11.8 Å². The zero-order valence-electron chi connectivity index (χ0n) is 13.3. The van der Waals surface area contributed by atoms with E-state index in [1.165, 1.54) is 18.2 Å². The molecule has 21 heavy (non-hydrogen) atoms. The molecule has 118 valence electrons. The van der Waals surface area contributed by atoms with Gasteiger partial charge in [0.05, 0.1) is 11.2 Å². The van der Waals surface area contributed by atoms with Crippen LogP contribution in [0.2, 0.25) is 0 Å². The molecule has 2 rings (SSSR count). The summed E-state index contributed by atoms with van der Waals surface area (Å²) in [7, 11) is 0. The molecule has 1 fully saturated rings. The minimum atomic E-state index is -2.16. The molecule has 1 aromatic carbocycles. The number of aryl methyl sites for hydroxylation is 1. The third-order valence-electron chi connectivity index (χ3n) is 3.68. The zero-order chi connectivity index (χ0) is 16.1. The van der Waals surface area contributed by atoms with Gasteiger partial charge in [-0.05, 0) is 58.4 Å². The molecular weight excluding hydrogens is 273 g/mol. The Morgan fingerprint density at radius 2 is 1.67 bits per heavy atom. The molecule has 4 nitrogen and oxygen atoms in total. The number of morpholine rings is 1. The van der Waals surface area contributed by atoms with Crippen LogP contribution in [0.15, 0.2) is 18.2 Å². The van der Waals surface area contributed by atoms with Gasteiger partial charge in [-0.25, -0.2) is 9.29 Å². The van der Waals surface area contributed by atoms with Crippen LogP contribution in [0.5, 0.6) is 0 Å². The van der Waals surface area contributed by atoms with Crippen molar-refractivity contribution in [2.45, 2.75) is 51.7 Å². The van der Waals surface area contributed by atoms with Gasteiger partial charge in [0, 0.05) is 18.7 Å². The lowest BCUT2D eigenvalue weighted by Crippen LogP contribution is -2.63. The molecular formula is C16H24FNO3. The van der Waals surface area contributed by atoms with Gasteiger partial charge >= 0.3 is 0 Å². The summed E-state index contributed by atoms with van der Waals surface area (Å²) < 4.78 is 19.3. The predicted octanol–water partition coefficient (Wildman–Crippen LogP) is 2.12. The fourth-order valence-corrected chi connectivity index (χ4v) is 3.04. The van der Waals surface area contributed by atoms with Gasteiger partial charge in [0.15, 0.2) is 0 Å². The highest BCUT2D eigenvalue weighted by Crippen LogP contribution is 2.34. The lowest BCUT2D eigenvalue weighted by molar-refractivity contribution is -0.321. The number of aliphatic hydroxyl groups is 2. The molecule has 1 aliphatic rings. The van der Waals surface area contributed by atoms with E-state index in [-0.39, 0.29) is 11.4 Å². The van der Waals surface area contributed by atoms with Crippen LogP contribution in [0.1, 0.15) is 38.8 Å². The highest BCUT2D eigenvalue weighted by atomic mass is 19.1. The van der Waals surface area contributed by atoms with Crippen LogP contribution in [0.3, 0.4) is 0 Å². The lowest BCUT2D eigenvalue weighted by atomic mass is 9.96. The van der Waals surface area contributed by atoms with Crippen molar-refractivity contribution in [3.05, 3.63) is 35.1 Å². The van der Waals surface area contributed by atoms with E-state index in [0.29, 0.717) is 18.7 Å². The summed E-state index contributed by atoms with van der Waals surface area (Å²) in [6.45, 7) is 9.96. The van der Waals surface area contributed by atoms with Crippen molar-refractivity contribution in [1.29, 1.82) is 0 Å². The summed E-state index contributed by atoms with van der Waals surface area (Å²) in [5.41, 5.74) is -0.372. The number of hydrogen-bond donors (Lipinski definition) is 2. The molecule has 0 aliphatic carbocycles. The van der Waals surface area contributed by atoms with Gasteiger partial charge in [0.25, 0.3) is 5.91 Å². The quantitative estimate of drug-likeness (QED) is 0.821. The maximum atomic E-state index is 13.4. The number of rotatable bonds is 2. The monoisotopic (exact) mass is 297 g/mol. The first-order valence-corrected chi connectivity index (χ1v) is 7.10. The second-order valence-electron chi connectivity index (χ2n) is 7.08. The number of hydrogen-bond acceptors (Lipinski definition) is 4. The van der Waals surface area contributed by atoms with Crippen molar-refractivity contribution < 1.29 is 19.3 Å². The Balaban J connectivity index is 2.35. The summed E-state index contributed by atoms with van der Waals surface area (Å²) in [6.07, 6.45) is 0. The summed E-state index contributed by atoms with van der Waals surface area (Å²) >= 11 is 0. The summed E-state index contributed by atoms with van der Waals surface area (Å²) in [5, 5.41) is 21.2. The molecule has 2 N–H and O–H groups in total. The molecule has 0 aromatic heterocycles. The summed E-state index contributed by atoms with van der Waals surface area (Å²) in [6, 6.07) is 4.12. The van der Waals surface area contributed by atoms with Crippen LogP contribution >= 0.6 is 0 Å². The predicted molar refractivity (Wildman–Crippen MR) is 78.1 cm³/mol. The highest BCUT2D eigenvalue weighted by Gasteiger charge is 2.46. The molecule has 1 aromatic rings. The van der Waals surface area contributed by atoms with E-state index in [2.05, 4.69) is 0 Å². The first-order chi connectivity index (χ1) is 9.43. The van der Waals surface area contributed by atoms with E-state index in [9.17, 15) is 14.6 Å². The van der Waals surface area contributed by atoms with E-state index in [4.69, 9.17) is 4.74 Å². The molecule has 1 saturated heterocycles. The Bertz CT molecular complexity index is 524. The molecule has 0 amide bonds. The highest BCUT2D eigenvalue weighted by molar-refractivity contribution is 5.27. The molecule has 0 saturated carbocycles. The fourth-order valence-electron chi connectivity index (χ4n) is 3.04. The van der Waals surface area contributed by atoms with Crippen molar-refractivity contribution in [1.82, 2.24) is 4.90 Å². The van der Waals surface area contributed by atoms with Crippen LogP contribution in [-0.4, -0.2) is 39.4 Å². The Kier molecular flexibility index (Phi) is 3.91. The second-order valence-corrected chi connectivity index (χ2v) is 7.08. The Morgan fingerprint density at radius 1 is 1.14 bits per heavy atom. The van der Waals surface area contributed by atoms with Crippen molar-refractivity contribution in [2.24, 2.45) is 0 Å². The van der Waals surface area contributed by atoms with Crippen LogP contribution in [0, 0.1) is 12.7 Å². The summed E-state index contributed by atoms with van der Waals surface area (Å²) in [5.74, 6) is -2.52. The van der Waals surface area contributed by atoms with Crippen LogP contribution < -0.4 is 0 Å². The SMILES string of the molecule is Cc1cc(C(O)(O)N2CC(C)(C)OC(C)(C)C2)ccc1F.